The molecule has 2 aliphatic carbocycles. The summed E-state index contributed by atoms with van der Waals surface area (Å²) in [4.78, 5) is 1.49. The fourth-order valence-electron chi connectivity index (χ4n) is 2.59. The molecule has 2 aliphatic rings. The van der Waals surface area contributed by atoms with E-state index in [0.717, 1.165) is 9.65 Å². The van der Waals surface area contributed by atoms with Gasteiger partial charge in [-0.2, -0.15) is 0 Å². The maximum atomic E-state index is 6.19. The molecule has 0 aromatic rings. The molecule has 0 bridgehead atoms. The SMILES string of the molecule is BrC1CCC(OC2CCC(Br)CC2)CC1. The quantitative estimate of drug-likeness (QED) is 0.677. The van der Waals surface area contributed by atoms with E-state index in [0.29, 0.717) is 12.2 Å². The van der Waals surface area contributed by atoms with Crippen LogP contribution in [0.5, 0.6) is 0 Å². The molecule has 1 nitrogen and oxygen atoms in total. The zero-order valence-corrected chi connectivity index (χ0v) is 12.3. The van der Waals surface area contributed by atoms with Gasteiger partial charge in [0.25, 0.3) is 0 Å². The van der Waals surface area contributed by atoms with Crippen LogP contribution >= 0.6 is 31.9 Å². The van der Waals surface area contributed by atoms with Gasteiger partial charge >= 0.3 is 0 Å². The maximum Gasteiger partial charge on any atom is 0.0579 e. The van der Waals surface area contributed by atoms with Crippen LogP contribution in [0, 0.1) is 0 Å². The molecule has 88 valence electrons. The van der Waals surface area contributed by atoms with Gasteiger partial charge in [0.15, 0.2) is 0 Å². The summed E-state index contributed by atoms with van der Waals surface area (Å²) in [5.74, 6) is 0. The minimum Gasteiger partial charge on any atom is -0.375 e. The molecule has 0 atom stereocenters. The summed E-state index contributed by atoms with van der Waals surface area (Å²) in [7, 11) is 0. The van der Waals surface area contributed by atoms with E-state index < -0.39 is 0 Å². The lowest BCUT2D eigenvalue weighted by Gasteiger charge is -2.32. The van der Waals surface area contributed by atoms with E-state index in [1.807, 2.05) is 0 Å². The largest absolute Gasteiger partial charge is 0.375 e. The fourth-order valence-corrected chi connectivity index (χ4v) is 3.65. The van der Waals surface area contributed by atoms with Crippen LogP contribution in [-0.2, 0) is 4.74 Å². The number of hydrogen-bond donors (Lipinski definition) is 0. The van der Waals surface area contributed by atoms with Gasteiger partial charge in [0, 0.05) is 9.65 Å². The van der Waals surface area contributed by atoms with E-state index in [-0.39, 0.29) is 0 Å². The van der Waals surface area contributed by atoms with Gasteiger partial charge < -0.3 is 4.74 Å². The molecular formula is C12H20Br2O. The topological polar surface area (TPSA) is 9.23 Å². The molecule has 0 N–H and O–H groups in total. The van der Waals surface area contributed by atoms with Crippen LogP contribution in [0.4, 0.5) is 0 Å². The van der Waals surface area contributed by atoms with Gasteiger partial charge in [0.2, 0.25) is 0 Å². The fraction of sp³-hybridized carbons (Fsp3) is 1.00. The van der Waals surface area contributed by atoms with Gasteiger partial charge in [0.1, 0.15) is 0 Å². The Morgan fingerprint density at radius 2 is 0.933 bits per heavy atom. The highest BCUT2D eigenvalue weighted by Crippen LogP contribution is 2.31. The molecule has 0 amide bonds. The number of alkyl halides is 2. The summed E-state index contributed by atoms with van der Waals surface area (Å²) in [6.45, 7) is 0. The summed E-state index contributed by atoms with van der Waals surface area (Å²) >= 11 is 7.37. The first kappa shape index (κ1) is 12.4. The maximum absolute atomic E-state index is 6.19. The predicted octanol–water partition coefficient (Wildman–Crippen LogP) is 4.42. The van der Waals surface area contributed by atoms with Gasteiger partial charge in [0.05, 0.1) is 12.2 Å². The van der Waals surface area contributed by atoms with Crippen LogP contribution in [0.2, 0.25) is 0 Å². The number of ether oxygens (including phenoxy) is 1. The normalized spacial score (nSPS) is 42.8. The van der Waals surface area contributed by atoms with Crippen molar-refractivity contribution < 1.29 is 4.74 Å². The Morgan fingerprint density at radius 1 is 0.600 bits per heavy atom. The molecule has 0 heterocycles. The Bertz CT molecular complexity index is 162. The van der Waals surface area contributed by atoms with E-state index in [1.54, 1.807) is 0 Å². The molecule has 0 radical (unpaired) electrons. The minimum atomic E-state index is 0.552. The van der Waals surface area contributed by atoms with Gasteiger partial charge in [-0.25, -0.2) is 0 Å². The first-order valence-electron chi connectivity index (χ1n) is 6.17. The van der Waals surface area contributed by atoms with Crippen LogP contribution in [0.25, 0.3) is 0 Å². The van der Waals surface area contributed by atoms with Crippen LogP contribution in [0.1, 0.15) is 51.4 Å². The monoisotopic (exact) mass is 338 g/mol. The second-order valence-corrected chi connectivity index (χ2v) is 7.47. The van der Waals surface area contributed by atoms with Crippen molar-refractivity contribution in [3.05, 3.63) is 0 Å². The highest BCUT2D eigenvalue weighted by atomic mass is 79.9. The highest BCUT2D eigenvalue weighted by Gasteiger charge is 2.25. The second-order valence-electron chi connectivity index (χ2n) is 4.88. The predicted molar refractivity (Wildman–Crippen MR) is 71.0 cm³/mol. The van der Waals surface area contributed by atoms with E-state index >= 15 is 0 Å². The Labute approximate surface area is 110 Å². The van der Waals surface area contributed by atoms with E-state index in [1.165, 1.54) is 51.4 Å². The number of halogens is 2. The molecule has 0 unspecified atom stereocenters. The smallest absolute Gasteiger partial charge is 0.0579 e. The summed E-state index contributed by atoms with van der Waals surface area (Å²) in [6, 6.07) is 0. The molecule has 2 fully saturated rings. The standard InChI is InChI=1S/C12H20Br2O/c13-9-1-5-11(6-2-9)15-12-7-3-10(14)4-8-12/h9-12H,1-8H2. The molecular weight excluding hydrogens is 320 g/mol. The van der Waals surface area contributed by atoms with Crippen LogP contribution in [0.3, 0.4) is 0 Å². The summed E-state index contributed by atoms with van der Waals surface area (Å²) in [6.07, 6.45) is 11.3. The van der Waals surface area contributed by atoms with Gasteiger partial charge in [-0.15, -0.1) is 0 Å². The molecule has 0 aromatic heterocycles. The minimum absolute atomic E-state index is 0.552. The van der Waals surface area contributed by atoms with Crippen molar-refractivity contribution in [1.82, 2.24) is 0 Å². The average molecular weight is 340 g/mol. The Morgan fingerprint density at radius 3 is 1.27 bits per heavy atom. The lowest BCUT2D eigenvalue weighted by atomic mass is 9.95. The van der Waals surface area contributed by atoms with E-state index in [2.05, 4.69) is 31.9 Å². The third-order valence-corrected chi connectivity index (χ3v) is 5.42. The van der Waals surface area contributed by atoms with Crippen molar-refractivity contribution in [3.63, 3.8) is 0 Å². The first-order chi connectivity index (χ1) is 7.24. The van der Waals surface area contributed by atoms with Crippen molar-refractivity contribution in [2.45, 2.75) is 73.2 Å². The Balaban J connectivity index is 1.68. The summed E-state index contributed by atoms with van der Waals surface area (Å²) in [5, 5.41) is 0. The van der Waals surface area contributed by atoms with E-state index in [9.17, 15) is 0 Å². The Hall–Kier alpha value is 0.920. The van der Waals surface area contributed by atoms with Crippen molar-refractivity contribution in [2.75, 3.05) is 0 Å². The molecule has 0 saturated heterocycles. The lowest BCUT2D eigenvalue weighted by molar-refractivity contribution is -0.0433. The zero-order chi connectivity index (χ0) is 10.7. The van der Waals surface area contributed by atoms with Gasteiger partial charge in [-0.05, 0) is 51.4 Å². The van der Waals surface area contributed by atoms with Crippen LogP contribution < -0.4 is 0 Å². The lowest BCUT2D eigenvalue weighted by Crippen LogP contribution is -2.29. The summed E-state index contributed by atoms with van der Waals surface area (Å²) in [5.41, 5.74) is 0. The number of hydrogen-bond acceptors (Lipinski definition) is 1. The third-order valence-electron chi connectivity index (χ3n) is 3.59. The van der Waals surface area contributed by atoms with Crippen molar-refractivity contribution in [1.29, 1.82) is 0 Å². The molecule has 2 rings (SSSR count). The average Bonchev–Trinajstić information content (AvgIpc) is 2.25. The zero-order valence-electron chi connectivity index (χ0n) is 9.13. The molecule has 15 heavy (non-hydrogen) atoms. The second kappa shape index (κ2) is 6.02. The van der Waals surface area contributed by atoms with Gasteiger partial charge in [-0.1, -0.05) is 31.9 Å². The third kappa shape index (κ3) is 4.01. The highest BCUT2D eigenvalue weighted by molar-refractivity contribution is 9.09. The molecule has 0 spiro atoms. The van der Waals surface area contributed by atoms with E-state index in [4.69, 9.17) is 4.74 Å². The molecule has 0 aliphatic heterocycles. The van der Waals surface area contributed by atoms with Gasteiger partial charge in [-0.3, -0.25) is 0 Å². The summed E-state index contributed by atoms with van der Waals surface area (Å²) < 4.78 is 6.19. The van der Waals surface area contributed by atoms with Crippen LogP contribution in [-0.4, -0.2) is 21.9 Å². The molecule has 0 aromatic carbocycles. The van der Waals surface area contributed by atoms with Crippen molar-refractivity contribution in [3.8, 4) is 0 Å². The van der Waals surface area contributed by atoms with Crippen molar-refractivity contribution in [2.24, 2.45) is 0 Å². The van der Waals surface area contributed by atoms with Crippen molar-refractivity contribution >= 4 is 31.9 Å². The first-order valence-corrected chi connectivity index (χ1v) is 8.01. The van der Waals surface area contributed by atoms with Crippen LogP contribution in [0.15, 0.2) is 0 Å². The molecule has 3 heteroatoms. The number of rotatable bonds is 2. The Kier molecular flexibility index (Phi) is 4.97. The molecule has 2 saturated carbocycles.